The topological polar surface area (TPSA) is 77.3 Å². The number of non-ortho nitro benzene ring substituents is 1. The van der Waals surface area contributed by atoms with E-state index < -0.39 is 0 Å². The molecule has 0 amide bonds. The molecule has 6 heteroatoms. The Kier molecular flexibility index (Phi) is 3.70. The molecule has 2 unspecified atom stereocenters. The lowest BCUT2D eigenvalue weighted by atomic mass is 10.00. The zero-order chi connectivity index (χ0) is 14.8. The van der Waals surface area contributed by atoms with E-state index in [1.54, 1.807) is 30.6 Å². The minimum Gasteiger partial charge on any atom is -0.382 e. The maximum Gasteiger partial charge on any atom is 0.277 e. The number of nitro benzene ring substituents is 1. The van der Waals surface area contributed by atoms with Crippen molar-refractivity contribution in [3.8, 4) is 0 Å². The van der Waals surface area contributed by atoms with Crippen LogP contribution in [-0.4, -0.2) is 29.2 Å². The van der Waals surface area contributed by atoms with Gasteiger partial charge >= 0.3 is 0 Å². The number of anilines is 1. The average molecular weight is 287 g/mol. The number of hydrogen-bond acceptors (Lipinski definition) is 5. The van der Waals surface area contributed by atoms with Crippen LogP contribution in [0.1, 0.15) is 13.3 Å². The van der Waals surface area contributed by atoms with Crippen molar-refractivity contribution in [2.24, 2.45) is 5.92 Å². The van der Waals surface area contributed by atoms with Crippen LogP contribution in [0.15, 0.2) is 30.6 Å². The SMILES string of the molecule is CC(Nc1ccc([N+](=O)[O-])c2ccncc12)C1CCOC1. The molecule has 0 bridgehead atoms. The number of pyridine rings is 1. The molecule has 0 saturated carbocycles. The minimum atomic E-state index is -0.361. The number of rotatable bonds is 4. The summed E-state index contributed by atoms with van der Waals surface area (Å²) >= 11 is 0. The summed E-state index contributed by atoms with van der Waals surface area (Å²) < 4.78 is 5.41. The van der Waals surface area contributed by atoms with Crippen LogP contribution in [0, 0.1) is 16.0 Å². The highest BCUT2D eigenvalue weighted by atomic mass is 16.6. The van der Waals surface area contributed by atoms with Gasteiger partial charge in [0.05, 0.1) is 16.9 Å². The molecule has 1 aromatic heterocycles. The molecule has 3 rings (SSSR count). The minimum absolute atomic E-state index is 0.106. The van der Waals surface area contributed by atoms with Gasteiger partial charge in [0.15, 0.2) is 0 Å². The van der Waals surface area contributed by atoms with Crippen molar-refractivity contribution in [2.75, 3.05) is 18.5 Å². The van der Waals surface area contributed by atoms with Crippen molar-refractivity contribution in [1.82, 2.24) is 4.98 Å². The van der Waals surface area contributed by atoms with E-state index in [9.17, 15) is 10.1 Å². The van der Waals surface area contributed by atoms with Gasteiger partial charge in [-0.2, -0.15) is 0 Å². The second-order valence-corrected chi connectivity index (χ2v) is 5.37. The summed E-state index contributed by atoms with van der Waals surface area (Å²) in [5, 5.41) is 15.9. The standard InChI is InChI=1S/C15H17N3O3/c1-10(11-5-7-21-9-11)17-14-2-3-15(18(19)20)12-4-6-16-8-13(12)14/h2-4,6,8,10-11,17H,5,7,9H2,1H3. The lowest BCUT2D eigenvalue weighted by molar-refractivity contribution is -0.383. The number of nitro groups is 1. The molecule has 2 atom stereocenters. The molecule has 6 nitrogen and oxygen atoms in total. The molecule has 0 radical (unpaired) electrons. The fourth-order valence-electron chi connectivity index (χ4n) is 2.77. The second-order valence-electron chi connectivity index (χ2n) is 5.37. The van der Waals surface area contributed by atoms with Crippen molar-refractivity contribution in [2.45, 2.75) is 19.4 Å². The summed E-state index contributed by atoms with van der Waals surface area (Å²) in [7, 11) is 0. The van der Waals surface area contributed by atoms with Crippen molar-refractivity contribution in [3.63, 3.8) is 0 Å². The summed E-state index contributed by atoms with van der Waals surface area (Å²) in [5.74, 6) is 0.465. The van der Waals surface area contributed by atoms with E-state index in [2.05, 4.69) is 17.2 Å². The van der Waals surface area contributed by atoms with Crippen molar-refractivity contribution < 1.29 is 9.66 Å². The van der Waals surface area contributed by atoms with Gasteiger partial charge in [0.25, 0.3) is 5.69 Å². The number of nitrogens with one attached hydrogen (secondary N) is 1. The molecule has 0 spiro atoms. The summed E-state index contributed by atoms with van der Waals surface area (Å²) in [5.41, 5.74) is 0.984. The quantitative estimate of drug-likeness (QED) is 0.691. The first-order valence-electron chi connectivity index (χ1n) is 7.02. The van der Waals surface area contributed by atoms with Gasteiger partial charge in [-0.15, -0.1) is 0 Å². The Morgan fingerprint density at radius 1 is 1.43 bits per heavy atom. The number of benzene rings is 1. The molecule has 1 aromatic carbocycles. The fraction of sp³-hybridized carbons (Fsp3) is 0.400. The Morgan fingerprint density at radius 2 is 2.29 bits per heavy atom. The highest BCUT2D eigenvalue weighted by Gasteiger charge is 2.23. The van der Waals surface area contributed by atoms with Gasteiger partial charge in [0.1, 0.15) is 0 Å². The summed E-state index contributed by atoms with van der Waals surface area (Å²) in [6.45, 7) is 3.68. The van der Waals surface area contributed by atoms with Crippen LogP contribution < -0.4 is 5.32 Å². The lowest BCUT2D eigenvalue weighted by Gasteiger charge is -2.21. The lowest BCUT2D eigenvalue weighted by Crippen LogP contribution is -2.26. The first-order valence-corrected chi connectivity index (χ1v) is 7.02. The highest BCUT2D eigenvalue weighted by molar-refractivity contribution is 5.99. The molecule has 1 fully saturated rings. The molecule has 2 aromatic rings. The number of aromatic nitrogens is 1. The molecule has 110 valence electrons. The van der Waals surface area contributed by atoms with E-state index in [0.717, 1.165) is 30.7 Å². The molecule has 0 aliphatic carbocycles. The van der Waals surface area contributed by atoms with Crippen LogP contribution in [-0.2, 0) is 4.74 Å². The van der Waals surface area contributed by atoms with Crippen LogP contribution in [0.3, 0.4) is 0 Å². The maximum absolute atomic E-state index is 11.1. The van der Waals surface area contributed by atoms with Gasteiger partial charge in [0, 0.05) is 48.1 Å². The maximum atomic E-state index is 11.1. The first-order chi connectivity index (χ1) is 10.2. The largest absolute Gasteiger partial charge is 0.382 e. The van der Waals surface area contributed by atoms with Crippen LogP contribution in [0.4, 0.5) is 11.4 Å². The normalized spacial score (nSPS) is 19.6. The number of ether oxygens (including phenoxy) is 1. The van der Waals surface area contributed by atoms with E-state index in [-0.39, 0.29) is 16.7 Å². The van der Waals surface area contributed by atoms with Crippen molar-refractivity contribution >= 4 is 22.1 Å². The van der Waals surface area contributed by atoms with E-state index in [1.807, 2.05) is 0 Å². The Labute approximate surface area is 122 Å². The third kappa shape index (κ3) is 2.67. The zero-order valence-electron chi connectivity index (χ0n) is 11.8. The van der Waals surface area contributed by atoms with Crippen molar-refractivity contribution in [1.29, 1.82) is 0 Å². The van der Waals surface area contributed by atoms with Gasteiger partial charge in [-0.05, 0) is 25.5 Å². The van der Waals surface area contributed by atoms with Gasteiger partial charge < -0.3 is 10.1 Å². The average Bonchev–Trinajstić information content (AvgIpc) is 3.01. The predicted octanol–water partition coefficient (Wildman–Crippen LogP) is 2.98. The van der Waals surface area contributed by atoms with E-state index >= 15 is 0 Å². The van der Waals surface area contributed by atoms with Crippen LogP contribution in [0.5, 0.6) is 0 Å². The Balaban J connectivity index is 1.95. The number of fused-ring (bicyclic) bond motifs is 1. The smallest absolute Gasteiger partial charge is 0.277 e. The molecule has 21 heavy (non-hydrogen) atoms. The summed E-state index contributed by atoms with van der Waals surface area (Å²) in [6, 6.07) is 5.23. The van der Waals surface area contributed by atoms with Gasteiger partial charge in [-0.1, -0.05) is 0 Å². The number of nitrogens with zero attached hydrogens (tertiary/aromatic N) is 2. The van der Waals surface area contributed by atoms with Gasteiger partial charge in [-0.25, -0.2) is 0 Å². The van der Waals surface area contributed by atoms with E-state index in [0.29, 0.717) is 11.3 Å². The Hall–Kier alpha value is -2.21. The van der Waals surface area contributed by atoms with Crippen LogP contribution >= 0.6 is 0 Å². The first kappa shape index (κ1) is 13.8. The molecule has 1 saturated heterocycles. The molecule has 1 aliphatic rings. The third-order valence-corrected chi connectivity index (χ3v) is 4.05. The van der Waals surface area contributed by atoms with E-state index in [4.69, 9.17) is 4.74 Å². The molecular formula is C15H17N3O3. The van der Waals surface area contributed by atoms with Crippen molar-refractivity contribution in [3.05, 3.63) is 40.7 Å². The fourth-order valence-corrected chi connectivity index (χ4v) is 2.77. The van der Waals surface area contributed by atoms with Gasteiger partial charge in [0.2, 0.25) is 0 Å². The predicted molar refractivity (Wildman–Crippen MR) is 80.4 cm³/mol. The summed E-state index contributed by atoms with van der Waals surface area (Å²) in [4.78, 5) is 14.8. The Morgan fingerprint density at radius 3 is 3.00 bits per heavy atom. The zero-order valence-corrected chi connectivity index (χ0v) is 11.8. The van der Waals surface area contributed by atoms with Gasteiger partial charge in [-0.3, -0.25) is 15.1 Å². The van der Waals surface area contributed by atoms with Crippen LogP contribution in [0.2, 0.25) is 0 Å². The van der Waals surface area contributed by atoms with Crippen LogP contribution in [0.25, 0.3) is 10.8 Å². The number of hydrogen-bond donors (Lipinski definition) is 1. The summed E-state index contributed by atoms with van der Waals surface area (Å²) in [6.07, 6.45) is 4.28. The van der Waals surface area contributed by atoms with E-state index in [1.165, 1.54) is 0 Å². The third-order valence-electron chi connectivity index (χ3n) is 4.05. The molecule has 1 N–H and O–H groups in total. The molecule has 1 aliphatic heterocycles. The second kappa shape index (κ2) is 5.65. The molecule has 2 heterocycles. The Bertz CT molecular complexity index is 668. The monoisotopic (exact) mass is 287 g/mol. The molecular weight excluding hydrogens is 270 g/mol. The highest BCUT2D eigenvalue weighted by Crippen LogP contribution is 2.32.